The van der Waals surface area contributed by atoms with E-state index in [2.05, 4.69) is 25.2 Å². The van der Waals surface area contributed by atoms with E-state index < -0.39 is 6.10 Å². The average Bonchev–Trinajstić information content (AvgIpc) is 2.27. The molecule has 88 valence electrons. The maximum atomic E-state index is 9.77. The molecule has 1 saturated heterocycles. The van der Waals surface area contributed by atoms with Crippen LogP contribution in [0.5, 0.6) is 5.75 Å². The summed E-state index contributed by atoms with van der Waals surface area (Å²) in [4.78, 5) is 0. The van der Waals surface area contributed by atoms with Crippen molar-refractivity contribution < 1.29 is 9.84 Å². The van der Waals surface area contributed by atoms with Gasteiger partial charge in [0.2, 0.25) is 0 Å². The third-order valence-electron chi connectivity index (χ3n) is 3.15. The summed E-state index contributed by atoms with van der Waals surface area (Å²) in [6.07, 6.45) is 0.368. The van der Waals surface area contributed by atoms with Crippen LogP contribution in [-0.2, 0) is 0 Å². The lowest BCUT2D eigenvalue weighted by Crippen LogP contribution is -2.46. The Morgan fingerprint density at radius 3 is 2.81 bits per heavy atom. The topological polar surface area (TPSA) is 41.5 Å². The molecule has 0 amide bonds. The second-order valence-corrected chi connectivity index (χ2v) is 4.46. The second-order valence-electron chi connectivity index (χ2n) is 4.46. The zero-order valence-corrected chi connectivity index (χ0v) is 9.86. The number of benzene rings is 1. The molecule has 0 saturated carbocycles. The quantitative estimate of drug-likeness (QED) is 0.793. The lowest BCUT2D eigenvalue weighted by Gasteiger charge is -2.29. The highest BCUT2D eigenvalue weighted by Gasteiger charge is 2.24. The summed E-state index contributed by atoms with van der Waals surface area (Å²) in [5, 5.41) is 12.9. The highest BCUT2D eigenvalue weighted by Crippen LogP contribution is 2.20. The van der Waals surface area contributed by atoms with Crippen molar-refractivity contribution in [3.63, 3.8) is 0 Å². The Morgan fingerprint density at radius 1 is 1.31 bits per heavy atom. The molecular formula is C13H19NO2. The third-order valence-corrected chi connectivity index (χ3v) is 3.15. The van der Waals surface area contributed by atoms with Crippen molar-refractivity contribution in [3.05, 3.63) is 29.3 Å². The summed E-state index contributed by atoms with van der Waals surface area (Å²) in [6, 6.07) is 6.05. The Kier molecular flexibility index (Phi) is 3.46. The standard InChI is InChI=1S/C13H19NO2/c1-9-3-4-11(7-10(9)2)16-13-5-6-14-8-12(13)15/h3-4,7,12-15H,5-6,8H2,1-2H3. The maximum Gasteiger partial charge on any atom is 0.127 e. The molecule has 1 fully saturated rings. The molecule has 2 N–H and O–H groups in total. The number of β-amino-alcohol motifs (C(OH)–C–C–N with tert-alkyl or cyclic N) is 1. The number of hydrogen-bond donors (Lipinski definition) is 2. The van der Waals surface area contributed by atoms with Crippen molar-refractivity contribution in [3.8, 4) is 5.75 Å². The zero-order valence-electron chi connectivity index (χ0n) is 9.86. The SMILES string of the molecule is Cc1ccc(OC2CCNCC2O)cc1C. The number of hydrogen-bond acceptors (Lipinski definition) is 3. The molecule has 2 atom stereocenters. The zero-order chi connectivity index (χ0) is 11.5. The molecule has 2 rings (SSSR count). The highest BCUT2D eigenvalue weighted by molar-refractivity contribution is 5.34. The molecule has 16 heavy (non-hydrogen) atoms. The number of aliphatic hydroxyl groups excluding tert-OH is 1. The summed E-state index contributed by atoms with van der Waals surface area (Å²) in [5.41, 5.74) is 2.49. The van der Waals surface area contributed by atoms with Gasteiger partial charge in [0, 0.05) is 6.54 Å². The normalized spacial score (nSPS) is 25.4. The minimum absolute atomic E-state index is 0.0802. The summed E-state index contributed by atoms with van der Waals surface area (Å²) < 4.78 is 5.81. The van der Waals surface area contributed by atoms with Crippen LogP contribution in [0.15, 0.2) is 18.2 Å². The predicted molar refractivity (Wildman–Crippen MR) is 63.8 cm³/mol. The Hall–Kier alpha value is -1.06. The van der Waals surface area contributed by atoms with Crippen molar-refractivity contribution in [1.82, 2.24) is 5.32 Å². The van der Waals surface area contributed by atoms with Gasteiger partial charge in [0.1, 0.15) is 18.0 Å². The van der Waals surface area contributed by atoms with Gasteiger partial charge in [0.25, 0.3) is 0 Å². The Morgan fingerprint density at radius 2 is 2.12 bits per heavy atom. The van der Waals surface area contributed by atoms with Gasteiger partial charge in [-0.3, -0.25) is 0 Å². The van der Waals surface area contributed by atoms with Crippen LogP contribution in [0.1, 0.15) is 17.5 Å². The molecule has 0 aromatic heterocycles. The van der Waals surface area contributed by atoms with Gasteiger partial charge in [-0.1, -0.05) is 6.07 Å². The number of rotatable bonds is 2. The lowest BCUT2D eigenvalue weighted by molar-refractivity contribution is 0.0162. The number of aliphatic hydroxyl groups is 1. The molecule has 1 aliphatic rings. The first-order valence-electron chi connectivity index (χ1n) is 5.79. The van der Waals surface area contributed by atoms with Crippen molar-refractivity contribution in [2.24, 2.45) is 0 Å². The number of aryl methyl sites for hydroxylation is 2. The van der Waals surface area contributed by atoms with E-state index in [1.54, 1.807) is 0 Å². The fourth-order valence-electron chi connectivity index (χ4n) is 1.92. The fourth-order valence-corrected chi connectivity index (χ4v) is 1.92. The molecule has 3 heteroatoms. The van der Waals surface area contributed by atoms with Crippen molar-refractivity contribution in [1.29, 1.82) is 0 Å². The largest absolute Gasteiger partial charge is 0.488 e. The highest BCUT2D eigenvalue weighted by atomic mass is 16.5. The fraction of sp³-hybridized carbons (Fsp3) is 0.538. The first kappa shape index (κ1) is 11.4. The van der Waals surface area contributed by atoms with Gasteiger partial charge in [-0.2, -0.15) is 0 Å². The van der Waals surface area contributed by atoms with Gasteiger partial charge < -0.3 is 15.2 Å². The van der Waals surface area contributed by atoms with E-state index in [0.717, 1.165) is 18.7 Å². The lowest BCUT2D eigenvalue weighted by atomic mass is 10.1. The van der Waals surface area contributed by atoms with Crippen LogP contribution < -0.4 is 10.1 Å². The molecule has 2 unspecified atom stereocenters. The number of nitrogens with one attached hydrogen (secondary N) is 1. The smallest absolute Gasteiger partial charge is 0.127 e. The van der Waals surface area contributed by atoms with Crippen LogP contribution in [0.3, 0.4) is 0 Å². The van der Waals surface area contributed by atoms with Crippen LogP contribution in [0, 0.1) is 13.8 Å². The van der Waals surface area contributed by atoms with Crippen molar-refractivity contribution >= 4 is 0 Å². The van der Waals surface area contributed by atoms with Gasteiger partial charge in [0.15, 0.2) is 0 Å². The molecule has 0 bridgehead atoms. The van der Waals surface area contributed by atoms with Gasteiger partial charge in [-0.25, -0.2) is 0 Å². The third kappa shape index (κ3) is 2.54. The predicted octanol–water partition coefficient (Wildman–Crippen LogP) is 1.41. The van der Waals surface area contributed by atoms with Crippen LogP contribution in [0.25, 0.3) is 0 Å². The van der Waals surface area contributed by atoms with E-state index in [0.29, 0.717) is 6.54 Å². The molecule has 1 aromatic carbocycles. The summed E-state index contributed by atoms with van der Waals surface area (Å²) in [6.45, 7) is 5.68. The van der Waals surface area contributed by atoms with E-state index in [9.17, 15) is 5.11 Å². The molecule has 0 spiro atoms. The Balaban J connectivity index is 2.05. The second kappa shape index (κ2) is 4.85. The first-order chi connectivity index (χ1) is 7.66. The minimum atomic E-state index is -0.407. The van der Waals surface area contributed by atoms with Gasteiger partial charge in [0.05, 0.1) is 0 Å². The molecule has 1 aromatic rings. The van der Waals surface area contributed by atoms with E-state index in [4.69, 9.17) is 4.74 Å². The Bertz CT molecular complexity index is 365. The van der Waals surface area contributed by atoms with Crippen molar-refractivity contribution in [2.75, 3.05) is 13.1 Å². The summed E-state index contributed by atoms with van der Waals surface area (Å²) in [7, 11) is 0. The monoisotopic (exact) mass is 221 g/mol. The van der Waals surface area contributed by atoms with Crippen LogP contribution >= 0.6 is 0 Å². The van der Waals surface area contributed by atoms with E-state index in [1.165, 1.54) is 11.1 Å². The van der Waals surface area contributed by atoms with Gasteiger partial charge in [-0.05, 0) is 50.1 Å². The molecule has 1 aliphatic heterocycles. The van der Waals surface area contributed by atoms with Gasteiger partial charge in [-0.15, -0.1) is 0 Å². The van der Waals surface area contributed by atoms with E-state index in [1.807, 2.05) is 12.1 Å². The van der Waals surface area contributed by atoms with Gasteiger partial charge >= 0.3 is 0 Å². The molecule has 1 heterocycles. The molecule has 3 nitrogen and oxygen atoms in total. The molecule has 0 radical (unpaired) electrons. The molecular weight excluding hydrogens is 202 g/mol. The van der Waals surface area contributed by atoms with Crippen LogP contribution in [-0.4, -0.2) is 30.4 Å². The van der Waals surface area contributed by atoms with Crippen LogP contribution in [0.2, 0.25) is 0 Å². The summed E-state index contributed by atoms with van der Waals surface area (Å²) in [5.74, 6) is 0.856. The Labute approximate surface area is 96.4 Å². The van der Waals surface area contributed by atoms with Crippen LogP contribution in [0.4, 0.5) is 0 Å². The average molecular weight is 221 g/mol. The van der Waals surface area contributed by atoms with E-state index in [-0.39, 0.29) is 6.10 Å². The van der Waals surface area contributed by atoms with E-state index >= 15 is 0 Å². The van der Waals surface area contributed by atoms with Crippen molar-refractivity contribution in [2.45, 2.75) is 32.5 Å². The first-order valence-corrected chi connectivity index (χ1v) is 5.79. The number of piperidine rings is 1. The number of ether oxygens (including phenoxy) is 1. The minimum Gasteiger partial charge on any atom is -0.488 e. The summed E-state index contributed by atoms with van der Waals surface area (Å²) >= 11 is 0. The maximum absolute atomic E-state index is 9.77. The molecule has 0 aliphatic carbocycles.